The smallest absolute Gasteiger partial charge is 0.0442 e. The van der Waals surface area contributed by atoms with Crippen molar-refractivity contribution < 1.29 is 0 Å². The molecular weight excluding hydrogens is 258 g/mol. The number of hydrogen-bond donors (Lipinski definition) is 1. The molecule has 1 fully saturated rings. The van der Waals surface area contributed by atoms with E-state index in [4.69, 9.17) is 0 Å². The molecule has 2 rings (SSSR count). The van der Waals surface area contributed by atoms with Crippen molar-refractivity contribution in [1.82, 2.24) is 10.3 Å². The maximum absolute atomic E-state index is 4.32. The lowest BCUT2D eigenvalue weighted by Gasteiger charge is -2.28. The first-order valence-corrected chi connectivity index (χ1v) is 8.26. The van der Waals surface area contributed by atoms with Crippen LogP contribution < -0.4 is 10.2 Å². The Labute approximate surface area is 130 Å². The van der Waals surface area contributed by atoms with Crippen LogP contribution in [0.5, 0.6) is 0 Å². The van der Waals surface area contributed by atoms with Crippen molar-refractivity contribution in [1.29, 1.82) is 0 Å². The molecule has 3 heteroatoms. The van der Waals surface area contributed by atoms with Gasteiger partial charge in [-0.05, 0) is 36.3 Å². The fraction of sp³-hybridized carbons (Fsp3) is 0.722. The Kier molecular flexibility index (Phi) is 5.26. The van der Waals surface area contributed by atoms with E-state index in [0.29, 0.717) is 11.3 Å². The van der Waals surface area contributed by atoms with Crippen LogP contribution in [0.15, 0.2) is 18.5 Å². The standard InChI is InChI=1S/C18H31N3/c1-14(2)10-20-12-15-11-19-8-6-17(15)21-9-7-16(13-21)18(3,4)5/h6,8,11,14,16,20H,7,9-10,12-13H2,1-5H3. The summed E-state index contributed by atoms with van der Waals surface area (Å²) < 4.78 is 0. The molecule has 1 aromatic heterocycles. The molecule has 1 aliphatic heterocycles. The summed E-state index contributed by atoms with van der Waals surface area (Å²) in [6, 6.07) is 2.18. The second-order valence-electron chi connectivity index (χ2n) is 7.83. The zero-order chi connectivity index (χ0) is 15.5. The Bertz CT molecular complexity index is 448. The van der Waals surface area contributed by atoms with Crippen LogP contribution in [0.1, 0.15) is 46.6 Å². The maximum atomic E-state index is 4.32. The first kappa shape index (κ1) is 16.3. The van der Waals surface area contributed by atoms with Crippen LogP contribution in [0.3, 0.4) is 0 Å². The number of aromatic nitrogens is 1. The zero-order valence-electron chi connectivity index (χ0n) is 14.3. The molecule has 0 radical (unpaired) electrons. The van der Waals surface area contributed by atoms with E-state index in [-0.39, 0.29) is 0 Å². The highest BCUT2D eigenvalue weighted by Gasteiger charge is 2.32. The van der Waals surface area contributed by atoms with E-state index >= 15 is 0 Å². The van der Waals surface area contributed by atoms with E-state index in [1.165, 1.54) is 30.8 Å². The molecule has 2 heterocycles. The molecule has 1 saturated heterocycles. The van der Waals surface area contributed by atoms with Crippen LogP contribution >= 0.6 is 0 Å². The van der Waals surface area contributed by atoms with Crippen molar-refractivity contribution in [2.45, 2.75) is 47.6 Å². The Morgan fingerprint density at radius 3 is 2.76 bits per heavy atom. The quantitative estimate of drug-likeness (QED) is 0.896. The maximum Gasteiger partial charge on any atom is 0.0442 e. The molecule has 0 aromatic carbocycles. The van der Waals surface area contributed by atoms with Gasteiger partial charge in [-0.1, -0.05) is 34.6 Å². The number of nitrogens with one attached hydrogen (secondary N) is 1. The van der Waals surface area contributed by atoms with Gasteiger partial charge >= 0.3 is 0 Å². The van der Waals surface area contributed by atoms with Gasteiger partial charge in [0, 0.05) is 43.3 Å². The van der Waals surface area contributed by atoms with Gasteiger partial charge in [-0.15, -0.1) is 0 Å². The van der Waals surface area contributed by atoms with Gasteiger partial charge in [0.25, 0.3) is 0 Å². The zero-order valence-corrected chi connectivity index (χ0v) is 14.3. The lowest BCUT2D eigenvalue weighted by molar-refractivity contribution is 0.263. The van der Waals surface area contributed by atoms with Gasteiger partial charge < -0.3 is 10.2 Å². The molecule has 21 heavy (non-hydrogen) atoms. The molecule has 1 aromatic rings. The average molecular weight is 289 g/mol. The van der Waals surface area contributed by atoms with Gasteiger partial charge in [-0.2, -0.15) is 0 Å². The summed E-state index contributed by atoms with van der Waals surface area (Å²) in [4.78, 5) is 6.86. The molecule has 1 atom stereocenters. The Hall–Kier alpha value is -1.09. The second kappa shape index (κ2) is 6.78. The van der Waals surface area contributed by atoms with Gasteiger partial charge in [-0.3, -0.25) is 4.98 Å². The summed E-state index contributed by atoms with van der Waals surface area (Å²) in [7, 11) is 0. The minimum atomic E-state index is 0.401. The van der Waals surface area contributed by atoms with E-state index in [9.17, 15) is 0 Å². The van der Waals surface area contributed by atoms with Crippen molar-refractivity contribution in [2.24, 2.45) is 17.3 Å². The average Bonchev–Trinajstić information content (AvgIpc) is 2.88. The molecule has 1 unspecified atom stereocenters. The summed E-state index contributed by atoms with van der Waals surface area (Å²) in [5, 5.41) is 3.54. The predicted molar refractivity (Wildman–Crippen MR) is 90.6 cm³/mol. The number of rotatable bonds is 5. The largest absolute Gasteiger partial charge is 0.371 e. The molecule has 0 spiro atoms. The molecule has 118 valence electrons. The summed E-state index contributed by atoms with van der Waals surface area (Å²) in [5.41, 5.74) is 3.10. The van der Waals surface area contributed by atoms with Crippen molar-refractivity contribution in [3.05, 3.63) is 24.0 Å². The number of pyridine rings is 1. The molecule has 1 N–H and O–H groups in total. The van der Waals surface area contributed by atoms with Crippen molar-refractivity contribution >= 4 is 5.69 Å². The summed E-state index contributed by atoms with van der Waals surface area (Å²) >= 11 is 0. The van der Waals surface area contributed by atoms with E-state index in [0.717, 1.165) is 19.0 Å². The fourth-order valence-corrected chi connectivity index (χ4v) is 3.05. The Morgan fingerprint density at radius 1 is 1.38 bits per heavy atom. The highest BCUT2D eigenvalue weighted by atomic mass is 15.2. The third-order valence-electron chi connectivity index (χ3n) is 4.50. The first-order valence-electron chi connectivity index (χ1n) is 8.26. The molecule has 0 bridgehead atoms. The van der Waals surface area contributed by atoms with E-state index in [1.54, 1.807) is 0 Å². The monoisotopic (exact) mass is 289 g/mol. The highest BCUT2D eigenvalue weighted by molar-refractivity contribution is 5.53. The summed E-state index contributed by atoms with van der Waals surface area (Å²) in [6.45, 7) is 15.9. The molecule has 0 saturated carbocycles. The Balaban J connectivity index is 2.03. The lowest BCUT2D eigenvalue weighted by atomic mass is 9.80. The van der Waals surface area contributed by atoms with Gasteiger partial charge in [0.15, 0.2) is 0 Å². The number of anilines is 1. The molecule has 0 aliphatic carbocycles. The van der Waals surface area contributed by atoms with Crippen LogP contribution in [-0.4, -0.2) is 24.6 Å². The second-order valence-corrected chi connectivity index (χ2v) is 7.83. The van der Waals surface area contributed by atoms with Gasteiger partial charge in [0.1, 0.15) is 0 Å². The summed E-state index contributed by atoms with van der Waals surface area (Å²) in [6.07, 6.45) is 5.24. The van der Waals surface area contributed by atoms with Gasteiger partial charge in [-0.25, -0.2) is 0 Å². The third-order valence-corrected chi connectivity index (χ3v) is 4.50. The number of hydrogen-bond acceptors (Lipinski definition) is 3. The lowest BCUT2D eigenvalue weighted by Crippen LogP contribution is -2.27. The van der Waals surface area contributed by atoms with Crippen molar-refractivity contribution in [2.75, 3.05) is 24.5 Å². The van der Waals surface area contributed by atoms with Crippen molar-refractivity contribution in [3.63, 3.8) is 0 Å². The van der Waals surface area contributed by atoms with E-state index in [1.807, 2.05) is 12.4 Å². The van der Waals surface area contributed by atoms with Crippen LogP contribution in [0.4, 0.5) is 5.69 Å². The highest BCUT2D eigenvalue weighted by Crippen LogP contribution is 2.36. The first-order chi connectivity index (χ1) is 9.88. The minimum Gasteiger partial charge on any atom is -0.371 e. The normalized spacial score (nSPS) is 19.5. The molecule has 0 amide bonds. The SMILES string of the molecule is CC(C)CNCc1cnccc1N1CCC(C(C)(C)C)C1. The van der Waals surface area contributed by atoms with Gasteiger partial charge in [0.05, 0.1) is 0 Å². The van der Waals surface area contributed by atoms with E-state index < -0.39 is 0 Å². The predicted octanol–water partition coefficient (Wildman–Crippen LogP) is 3.70. The fourth-order valence-electron chi connectivity index (χ4n) is 3.05. The summed E-state index contributed by atoms with van der Waals surface area (Å²) in [5.74, 6) is 1.46. The van der Waals surface area contributed by atoms with E-state index in [2.05, 4.69) is 55.9 Å². The van der Waals surface area contributed by atoms with Gasteiger partial charge in [0.2, 0.25) is 0 Å². The van der Waals surface area contributed by atoms with Crippen molar-refractivity contribution in [3.8, 4) is 0 Å². The van der Waals surface area contributed by atoms with Crippen LogP contribution in [0.2, 0.25) is 0 Å². The molecule has 3 nitrogen and oxygen atoms in total. The van der Waals surface area contributed by atoms with Crippen LogP contribution in [0.25, 0.3) is 0 Å². The van der Waals surface area contributed by atoms with Crippen LogP contribution in [0, 0.1) is 17.3 Å². The molecular formula is C18H31N3. The Morgan fingerprint density at radius 2 is 2.14 bits per heavy atom. The minimum absolute atomic E-state index is 0.401. The molecule has 1 aliphatic rings. The van der Waals surface area contributed by atoms with Crippen LogP contribution in [-0.2, 0) is 6.54 Å². The topological polar surface area (TPSA) is 28.2 Å². The number of nitrogens with zero attached hydrogens (tertiary/aromatic N) is 2. The third kappa shape index (κ3) is 4.44.